The predicted octanol–water partition coefficient (Wildman–Crippen LogP) is 3.30. The van der Waals surface area contributed by atoms with Crippen molar-refractivity contribution in [3.8, 4) is 0 Å². The van der Waals surface area contributed by atoms with Crippen LogP contribution in [0.3, 0.4) is 0 Å². The van der Waals surface area contributed by atoms with E-state index in [-0.39, 0.29) is 6.04 Å². The molecular weight excluding hydrogens is 222 g/mol. The van der Waals surface area contributed by atoms with Gasteiger partial charge in [-0.25, -0.2) is 0 Å². The van der Waals surface area contributed by atoms with Gasteiger partial charge in [-0.15, -0.1) is 0 Å². The minimum absolute atomic E-state index is 0.274. The van der Waals surface area contributed by atoms with E-state index in [4.69, 9.17) is 5.73 Å². The molecule has 0 radical (unpaired) electrons. The molecule has 2 N–H and O–H groups in total. The Morgan fingerprint density at radius 2 is 2.17 bits per heavy atom. The van der Waals surface area contributed by atoms with Gasteiger partial charge >= 0.3 is 0 Å². The minimum Gasteiger partial charge on any atom is -0.327 e. The molecule has 1 aliphatic carbocycles. The van der Waals surface area contributed by atoms with Gasteiger partial charge < -0.3 is 5.73 Å². The zero-order chi connectivity index (χ0) is 13.0. The molecule has 0 aliphatic heterocycles. The summed E-state index contributed by atoms with van der Waals surface area (Å²) in [6, 6.07) is 0.895. The second-order valence-electron chi connectivity index (χ2n) is 5.72. The highest BCUT2D eigenvalue weighted by atomic mass is 15.3. The van der Waals surface area contributed by atoms with Gasteiger partial charge in [0.25, 0.3) is 0 Å². The first kappa shape index (κ1) is 13.6. The van der Waals surface area contributed by atoms with Crippen molar-refractivity contribution in [2.45, 2.75) is 70.9 Å². The summed E-state index contributed by atoms with van der Waals surface area (Å²) in [7, 11) is 0. The van der Waals surface area contributed by atoms with Crippen LogP contribution in [0.4, 0.5) is 0 Å². The molecule has 0 saturated heterocycles. The van der Waals surface area contributed by atoms with Gasteiger partial charge in [0, 0.05) is 12.2 Å². The Morgan fingerprint density at radius 1 is 1.39 bits per heavy atom. The Bertz CT molecular complexity index is 358. The quantitative estimate of drug-likeness (QED) is 0.870. The van der Waals surface area contributed by atoms with Crippen LogP contribution in [0.15, 0.2) is 12.4 Å². The molecule has 18 heavy (non-hydrogen) atoms. The van der Waals surface area contributed by atoms with Crippen LogP contribution in [0.25, 0.3) is 0 Å². The van der Waals surface area contributed by atoms with E-state index in [2.05, 4.69) is 29.8 Å². The fraction of sp³-hybridized carbons (Fsp3) is 0.800. The van der Waals surface area contributed by atoms with Crippen LogP contribution in [-0.2, 0) is 6.42 Å². The van der Waals surface area contributed by atoms with Crippen molar-refractivity contribution >= 4 is 0 Å². The van der Waals surface area contributed by atoms with E-state index in [9.17, 15) is 0 Å². The molecule has 1 heterocycles. The van der Waals surface area contributed by atoms with E-state index in [1.165, 1.54) is 37.7 Å². The maximum absolute atomic E-state index is 6.01. The van der Waals surface area contributed by atoms with Crippen LogP contribution in [0, 0.1) is 5.92 Å². The molecule has 3 heteroatoms. The summed E-state index contributed by atoms with van der Waals surface area (Å²) in [5.41, 5.74) is 7.31. The van der Waals surface area contributed by atoms with Gasteiger partial charge in [-0.2, -0.15) is 5.10 Å². The maximum Gasteiger partial charge on any atom is 0.0547 e. The summed E-state index contributed by atoms with van der Waals surface area (Å²) in [4.78, 5) is 0. The Hall–Kier alpha value is -0.830. The normalized spacial score (nSPS) is 26.2. The van der Waals surface area contributed by atoms with E-state index in [0.717, 1.165) is 18.8 Å². The van der Waals surface area contributed by atoms with E-state index in [1.807, 2.05) is 6.20 Å². The Morgan fingerprint density at radius 3 is 2.89 bits per heavy atom. The number of hydrogen-bond acceptors (Lipinski definition) is 2. The van der Waals surface area contributed by atoms with Crippen LogP contribution in [0.2, 0.25) is 0 Å². The predicted molar refractivity (Wildman–Crippen MR) is 75.5 cm³/mol. The molecule has 1 fully saturated rings. The van der Waals surface area contributed by atoms with Crippen LogP contribution in [0.5, 0.6) is 0 Å². The zero-order valence-electron chi connectivity index (χ0n) is 11.8. The summed E-state index contributed by atoms with van der Waals surface area (Å²) in [5.74, 6) is 0.811. The molecule has 0 bridgehead atoms. The van der Waals surface area contributed by atoms with E-state index < -0.39 is 0 Å². The lowest BCUT2D eigenvalue weighted by Gasteiger charge is -2.31. The molecule has 2 rings (SSSR count). The lowest BCUT2D eigenvalue weighted by molar-refractivity contribution is 0.217. The highest BCUT2D eigenvalue weighted by Gasteiger charge is 2.25. The molecular formula is C15H27N3. The number of rotatable bonds is 5. The molecule has 3 unspecified atom stereocenters. The second kappa shape index (κ2) is 6.37. The molecule has 1 aromatic rings. The molecule has 0 spiro atoms. The molecule has 3 atom stereocenters. The van der Waals surface area contributed by atoms with Crippen molar-refractivity contribution in [3.05, 3.63) is 18.0 Å². The van der Waals surface area contributed by atoms with E-state index in [0.29, 0.717) is 6.04 Å². The molecule has 1 aromatic heterocycles. The fourth-order valence-electron chi connectivity index (χ4n) is 3.12. The number of aromatic nitrogens is 2. The number of nitrogens with zero attached hydrogens (tertiary/aromatic N) is 2. The maximum atomic E-state index is 6.01. The Labute approximate surface area is 111 Å². The van der Waals surface area contributed by atoms with Gasteiger partial charge in [-0.1, -0.05) is 33.1 Å². The molecule has 0 aromatic carbocycles. The Kier molecular flexibility index (Phi) is 4.81. The smallest absolute Gasteiger partial charge is 0.0547 e. The van der Waals surface area contributed by atoms with Gasteiger partial charge in [0.05, 0.1) is 12.2 Å². The Balaban J connectivity index is 2.03. The first-order valence-corrected chi connectivity index (χ1v) is 7.53. The van der Waals surface area contributed by atoms with Crippen molar-refractivity contribution in [1.82, 2.24) is 9.78 Å². The third-order valence-corrected chi connectivity index (χ3v) is 4.41. The second-order valence-corrected chi connectivity index (χ2v) is 5.72. The molecule has 0 amide bonds. The third-order valence-electron chi connectivity index (χ3n) is 4.41. The molecule has 3 nitrogen and oxygen atoms in total. The van der Waals surface area contributed by atoms with Gasteiger partial charge in [0.2, 0.25) is 0 Å². The summed E-state index contributed by atoms with van der Waals surface area (Å²) in [6.45, 7) is 4.45. The zero-order valence-corrected chi connectivity index (χ0v) is 11.8. The SMILES string of the molecule is CCC(N)Cc1cnn(C2CCCCC2CC)c1. The fourth-order valence-corrected chi connectivity index (χ4v) is 3.12. The standard InChI is InChI=1S/C15H27N3/c1-3-13-7-5-6-8-15(13)18-11-12(10-17-18)9-14(16)4-2/h10-11,13-15H,3-9,16H2,1-2H3. The first-order chi connectivity index (χ1) is 8.74. The van der Waals surface area contributed by atoms with Crippen molar-refractivity contribution in [3.63, 3.8) is 0 Å². The third kappa shape index (κ3) is 3.14. The van der Waals surface area contributed by atoms with Gasteiger partial charge in [0.15, 0.2) is 0 Å². The van der Waals surface area contributed by atoms with Gasteiger partial charge in [0.1, 0.15) is 0 Å². The largest absolute Gasteiger partial charge is 0.327 e. The topological polar surface area (TPSA) is 43.8 Å². The monoisotopic (exact) mass is 249 g/mol. The van der Waals surface area contributed by atoms with Crippen LogP contribution in [-0.4, -0.2) is 15.8 Å². The van der Waals surface area contributed by atoms with Crippen molar-refractivity contribution in [2.24, 2.45) is 11.7 Å². The molecule has 102 valence electrons. The van der Waals surface area contributed by atoms with Gasteiger partial charge in [-0.05, 0) is 37.2 Å². The lowest BCUT2D eigenvalue weighted by Crippen LogP contribution is -2.23. The first-order valence-electron chi connectivity index (χ1n) is 7.53. The number of nitrogens with two attached hydrogens (primary N) is 1. The van der Waals surface area contributed by atoms with E-state index in [1.54, 1.807) is 0 Å². The summed E-state index contributed by atoms with van der Waals surface area (Å²) in [5, 5.41) is 4.59. The highest BCUT2D eigenvalue weighted by Crippen LogP contribution is 2.35. The number of hydrogen-bond donors (Lipinski definition) is 1. The van der Waals surface area contributed by atoms with Crippen LogP contribution < -0.4 is 5.73 Å². The molecule has 1 aliphatic rings. The van der Waals surface area contributed by atoms with Crippen molar-refractivity contribution in [2.75, 3.05) is 0 Å². The van der Waals surface area contributed by atoms with Crippen LogP contribution >= 0.6 is 0 Å². The lowest BCUT2D eigenvalue weighted by atomic mass is 9.83. The minimum atomic E-state index is 0.274. The van der Waals surface area contributed by atoms with Crippen molar-refractivity contribution in [1.29, 1.82) is 0 Å². The summed E-state index contributed by atoms with van der Waals surface area (Å²) in [6.07, 6.45) is 12.9. The van der Waals surface area contributed by atoms with Crippen LogP contribution in [0.1, 0.15) is 64.0 Å². The van der Waals surface area contributed by atoms with Crippen molar-refractivity contribution < 1.29 is 0 Å². The average Bonchev–Trinajstić information content (AvgIpc) is 2.86. The molecule has 1 saturated carbocycles. The van der Waals surface area contributed by atoms with E-state index >= 15 is 0 Å². The average molecular weight is 249 g/mol. The highest BCUT2D eigenvalue weighted by molar-refractivity contribution is 5.07. The van der Waals surface area contributed by atoms with Gasteiger partial charge in [-0.3, -0.25) is 4.68 Å². The summed E-state index contributed by atoms with van der Waals surface area (Å²) < 4.78 is 2.21. The summed E-state index contributed by atoms with van der Waals surface area (Å²) >= 11 is 0.